The fourth-order valence-electron chi connectivity index (χ4n) is 2.93. The molecule has 6 nitrogen and oxygen atoms in total. The van der Waals surface area contributed by atoms with E-state index < -0.39 is 6.10 Å². The summed E-state index contributed by atoms with van der Waals surface area (Å²) >= 11 is 0. The molecule has 1 saturated heterocycles. The Morgan fingerprint density at radius 2 is 1.86 bits per heavy atom. The van der Waals surface area contributed by atoms with Crippen LogP contribution < -0.4 is 15.0 Å². The lowest BCUT2D eigenvalue weighted by atomic mass is 9.97. The van der Waals surface area contributed by atoms with Gasteiger partial charge in [-0.3, -0.25) is 0 Å². The third kappa shape index (κ3) is 3.33. The highest BCUT2D eigenvalue weighted by atomic mass is 16.5. The minimum atomic E-state index is -0.517. The average molecular weight is 306 g/mol. The number of hydrogen-bond donors (Lipinski definition) is 2. The van der Waals surface area contributed by atoms with E-state index in [0.717, 1.165) is 62.6 Å². The van der Waals surface area contributed by atoms with Crippen LogP contribution in [-0.4, -0.2) is 53.5 Å². The van der Waals surface area contributed by atoms with Crippen LogP contribution in [0, 0.1) is 0 Å². The number of nitrogens with zero attached hydrogens (tertiary/aromatic N) is 3. The summed E-state index contributed by atoms with van der Waals surface area (Å²) in [5, 5.41) is 13.1. The van der Waals surface area contributed by atoms with Crippen molar-refractivity contribution in [1.82, 2.24) is 15.3 Å². The van der Waals surface area contributed by atoms with Gasteiger partial charge in [0.15, 0.2) is 0 Å². The van der Waals surface area contributed by atoms with E-state index in [2.05, 4.69) is 15.2 Å². The maximum absolute atomic E-state index is 9.72. The Morgan fingerprint density at radius 3 is 2.59 bits per heavy atom. The molecule has 122 valence electrons. The number of anilines is 1. The molecule has 1 aromatic heterocycles. The SMILES string of the molecule is C[C@H](O)[C@H](C)Oc1nc(N2CCNCC2)nc2c1CCCC2. The van der Waals surface area contributed by atoms with Gasteiger partial charge in [0.05, 0.1) is 11.8 Å². The molecule has 0 amide bonds. The molecular weight excluding hydrogens is 280 g/mol. The molecule has 1 fully saturated rings. The van der Waals surface area contributed by atoms with Gasteiger partial charge in [0, 0.05) is 31.7 Å². The fraction of sp³-hybridized carbons (Fsp3) is 0.750. The first-order valence-electron chi connectivity index (χ1n) is 8.35. The zero-order chi connectivity index (χ0) is 15.5. The zero-order valence-electron chi connectivity index (χ0n) is 13.5. The summed E-state index contributed by atoms with van der Waals surface area (Å²) in [6.07, 6.45) is 3.52. The quantitative estimate of drug-likeness (QED) is 0.862. The molecule has 0 aromatic carbocycles. The summed E-state index contributed by atoms with van der Waals surface area (Å²) < 4.78 is 5.96. The highest BCUT2D eigenvalue weighted by molar-refractivity contribution is 5.42. The Kier molecular flexibility index (Phi) is 4.78. The van der Waals surface area contributed by atoms with Gasteiger partial charge < -0.3 is 20.1 Å². The van der Waals surface area contributed by atoms with Crippen LogP contribution in [0.1, 0.15) is 37.9 Å². The van der Waals surface area contributed by atoms with Gasteiger partial charge in [0.2, 0.25) is 11.8 Å². The fourth-order valence-corrected chi connectivity index (χ4v) is 2.93. The van der Waals surface area contributed by atoms with E-state index in [1.165, 1.54) is 6.42 Å². The number of aryl methyl sites for hydroxylation is 1. The second kappa shape index (κ2) is 6.79. The third-order valence-corrected chi connectivity index (χ3v) is 4.51. The first kappa shape index (κ1) is 15.5. The maximum Gasteiger partial charge on any atom is 0.228 e. The van der Waals surface area contributed by atoms with Crippen molar-refractivity contribution in [3.05, 3.63) is 11.3 Å². The van der Waals surface area contributed by atoms with Crippen molar-refractivity contribution in [2.75, 3.05) is 31.1 Å². The van der Waals surface area contributed by atoms with E-state index in [9.17, 15) is 5.11 Å². The molecule has 2 heterocycles. The standard InChI is InChI=1S/C16H26N4O2/c1-11(21)12(2)22-15-13-5-3-4-6-14(13)18-16(19-15)20-9-7-17-8-10-20/h11-12,17,21H,3-10H2,1-2H3/t11-,12-/m0/s1. The molecule has 1 aromatic rings. The highest BCUT2D eigenvalue weighted by Gasteiger charge is 2.24. The van der Waals surface area contributed by atoms with E-state index in [0.29, 0.717) is 5.88 Å². The van der Waals surface area contributed by atoms with Gasteiger partial charge in [-0.2, -0.15) is 4.98 Å². The molecule has 3 rings (SSSR count). The van der Waals surface area contributed by atoms with Gasteiger partial charge in [-0.05, 0) is 39.5 Å². The van der Waals surface area contributed by atoms with E-state index >= 15 is 0 Å². The van der Waals surface area contributed by atoms with Gasteiger partial charge >= 0.3 is 0 Å². The molecular formula is C16H26N4O2. The number of aliphatic hydroxyl groups excluding tert-OH is 1. The van der Waals surface area contributed by atoms with Crippen molar-refractivity contribution in [3.63, 3.8) is 0 Å². The predicted octanol–water partition coefficient (Wildman–Crippen LogP) is 0.913. The molecule has 0 unspecified atom stereocenters. The Morgan fingerprint density at radius 1 is 1.14 bits per heavy atom. The molecule has 0 spiro atoms. The minimum absolute atomic E-state index is 0.267. The van der Waals surface area contributed by atoms with Crippen molar-refractivity contribution in [3.8, 4) is 5.88 Å². The van der Waals surface area contributed by atoms with Crippen LogP contribution in [0.25, 0.3) is 0 Å². The number of hydrogen-bond acceptors (Lipinski definition) is 6. The van der Waals surface area contributed by atoms with Gasteiger partial charge in [-0.1, -0.05) is 0 Å². The lowest BCUT2D eigenvalue weighted by Gasteiger charge is -2.29. The third-order valence-electron chi connectivity index (χ3n) is 4.51. The maximum atomic E-state index is 9.72. The van der Waals surface area contributed by atoms with Crippen LogP contribution in [0.15, 0.2) is 0 Å². The first-order chi connectivity index (χ1) is 10.6. The molecule has 0 bridgehead atoms. The summed E-state index contributed by atoms with van der Waals surface area (Å²) in [5.41, 5.74) is 2.26. The number of aromatic nitrogens is 2. The lowest BCUT2D eigenvalue weighted by molar-refractivity contribution is 0.0565. The van der Waals surface area contributed by atoms with Crippen molar-refractivity contribution < 1.29 is 9.84 Å². The molecule has 0 saturated carbocycles. The topological polar surface area (TPSA) is 70.5 Å². The Bertz CT molecular complexity index is 515. The lowest BCUT2D eigenvalue weighted by Crippen LogP contribution is -2.44. The van der Waals surface area contributed by atoms with Crippen molar-refractivity contribution in [1.29, 1.82) is 0 Å². The van der Waals surface area contributed by atoms with Crippen molar-refractivity contribution >= 4 is 5.95 Å². The second-order valence-corrected chi connectivity index (χ2v) is 6.26. The van der Waals surface area contributed by atoms with E-state index in [4.69, 9.17) is 9.72 Å². The molecule has 22 heavy (non-hydrogen) atoms. The number of ether oxygens (including phenoxy) is 1. The van der Waals surface area contributed by atoms with Gasteiger partial charge in [0.25, 0.3) is 0 Å². The second-order valence-electron chi connectivity index (χ2n) is 6.26. The average Bonchev–Trinajstić information content (AvgIpc) is 2.55. The number of aliphatic hydroxyl groups is 1. The summed E-state index contributed by atoms with van der Waals surface area (Å²) in [6, 6.07) is 0. The number of piperazine rings is 1. The number of rotatable bonds is 4. The zero-order valence-corrected chi connectivity index (χ0v) is 13.5. The van der Waals surface area contributed by atoms with Crippen LogP contribution in [0.5, 0.6) is 5.88 Å². The Balaban J connectivity index is 1.91. The van der Waals surface area contributed by atoms with E-state index in [1.54, 1.807) is 6.92 Å². The number of fused-ring (bicyclic) bond motifs is 1. The monoisotopic (exact) mass is 306 g/mol. The normalized spacial score (nSPS) is 21.1. The summed E-state index contributed by atoms with van der Waals surface area (Å²) in [7, 11) is 0. The smallest absolute Gasteiger partial charge is 0.228 e. The van der Waals surface area contributed by atoms with Gasteiger partial charge in [-0.15, -0.1) is 0 Å². The molecule has 0 radical (unpaired) electrons. The summed E-state index contributed by atoms with van der Waals surface area (Å²) in [6.45, 7) is 7.39. The molecule has 1 aliphatic heterocycles. The van der Waals surface area contributed by atoms with Crippen LogP contribution >= 0.6 is 0 Å². The Labute approximate surface area is 131 Å². The highest BCUT2D eigenvalue weighted by Crippen LogP contribution is 2.30. The van der Waals surface area contributed by atoms with Crippen LogP contribution in [0.4, 0.5) is 5.95 Å². The molecule has 6 heteroatoms. The van der Waals surface area contributed by atoms with Crippen LogP contribution in [-0.2, 0) is 12.8 Å². The number of nitrogens with one attached hydrogen (secondary N) is 1. The van der Waals surface area contributed by atoms with Crippen molar-refractivity contribution in [2.24, 2.45) is 0 Å². The van der Waals surface area contributed by atoms with Crippen molar-refractivity contribution in [2.45, 2.75) is 51.7 Å². The molecule has 2 aliphatic rings. The summed E-state index contributed by atoms with van der Waals surface area (Å²) in [5.74, 6) is 1.45. The molecule has 2 atom stereocenters. The molecule has 2 N–H and O–H groups in total. The largest absolute Gasteiger partial charge is 0.472 e. The van der Waals surface area contributed by atoms with Gasteiger partial charge in [-0.25, -0.2) is 4.98 Å². The van der Waals surface area contributed by atoms with E-state index in [-0.39, 0.29) is 6.10 Å². The Hall–Kier alpha value is -1.40. The minimum Gasteiger partial charge on any atom is -0.472 e. The van der Waals surface area contributed by atoms with Crippen LogP contribution in [0.2, 0.25) is 0 Å². The van der Waals surface area contributed by atoms with E-state index in [1.807, 2.05) is 6.92 Å². The first-order valence-corrected chi connectivity index (χ1v) is 8.35. The van der Waals surface area contributed by atoms with Crippen LogP contribution in [0.3, 0.4) is 0 Å². The van der Waals surface area contributed by atoms with Gasteiger partial charge in [0.1, 0.15) is 6.10 Å². The predicted molar refractivity (Wildman–Crippen MR) is 85.5 cm³/mol. The summed E-state index contributed by atoms with van der Waals surface area (Å²) in [4.78, 5) is 11.7. The molecule has 1 aliphatic carbocycles.